The van der Waals surface area contributed by atoms with E-state index >= 15 is 0 Å². The SMILES string of the molecule is COC(=O)CC(NC[C@@H](O)C(Cc1cc(F)cc(F)c1)NC(=O)Nc1ccccc1)c1cccc(Br)c1. The van der Waals surface area contributed by atoms with Gasteiger partial charge < -0.3 is 25.8 Å². The van der Waals surface area contributed by atoms with E-state index in [4.69, 9.17) is 4.74 Å². The first-order valence-electron chi connectivity index (χ1n) is 11.5. The van der Waals surface area contributed by atoms with Crippen molar-refractivity contribution >= 4 is 33.6 Å². The number of ether oxygens (including phenoxy) is 1. The van der Waals surface area contributed by atoms with E-state index in [0.717, 1.165) is 28.2 Å². The molecule has 0 aliphatic rings. The molecule has 0 fully saturated rings. The van der Waals surface area contributed by atoms with Crippen molar-refractivity contribution in [2.45, 2.75) is 31.0 Å². The molecule has 0 aromatic heterocycles. The highest BCUT2D eigenvalue weighted by Crippen LogP contribution is 2.22. The third-order valence-corrected chi connectivity index (χ3v) is 6.11. The topological polar surface area (TPSA) is 99.7 Å². The lowest BCUT2D eigenvalue weighted by molar-refractivity contribution is -0.141. The third-order valence-electron chi connectivity index (χ3n) is 5.61. The van der Waals surface area contributed by atoms with Crippen LogP contribution in [0, 0.1) is 11.6 Å². The second-order valence-electron chi connectivity index (χ2n) is 8.42. The van der Waals surface area contributed by atoms with Gasteiger partial charge in [-0.25, -0.2) is 13.6 Å². The Bertz CT molecular complexity index is 1180. The van der Waals surface area contributed by atoms with Crippen LogP contribution < -0.4 is 16.0 Å². The van der Waals surface area contributed by atoms with Gasteiger partial charge in [-0.05, 0) is 53.9 Å². The molecule has 0 bridgehead atoms. The molecule has 2 unspecified atom stereocenters. The maximum absolute atomic E-state index is 13.8. The van der Waals surface area contributed by atoms with Crippen molar-refractivity contribution in [3.63, 3.8) is 0 Å². The van der Waals surface area contributed by atoms with Crippen LogP contribution in [0.1, 0.15) is 23.6 Å². The Morgan fingerprint density at radius 3 is 2.35 bits per heavy atom. The van der Waals surface area contributed by atoms with Gasteiger partial charge in [0.05, 0.1) is 25.7 Å². The molecule has 0 aliphatic carbocycles. The number of carbonyl (C=O) groups excluding carboxylic acids is 2. The summed E-state index contributed by atoms with van der Waals surface area (Å²) in [6.07, 6.45) is -1.22. The number of hydrogen-bond acceptors (Lipinski definition) is 5. The lowest BCUT2D eigenvalue weighted by Crippen LogP contribution is -2.50. The van der Waals surface area contributed by atoms with Crippen LogP contribution in [0.4, 0.5) is 19.3 Å². The first kappa shape index (κ1) is 28.2. The van der Waals surface area contributed by atoms with Crippen molar-refractivity contribution in [1.82, 2.24) is 10.6 Å². The number of carbonyl (C=O) groups is 2. The molecule has 10 heteroatoms. The fourth-order valence-electron chi connectivity index (χ4n) is 3.81. The molecule has 3 atom stereocenters. The van der Waals surface area contributed by atoms with Crippen molar-refractivity contribution in [1.29, 1.82) is 0 Å². The normalized spacial score (nSPS) is 13.3. The second-order valence-corrected chi connectivity index (χ2v) is 9.33. The molecular formula is C27H28BrF2N3O4. The zero-order valence-corrected chi connectivity index (χ0v) is 21.7. The number of para-hydroxylation sites is 1. The number of hydrogen-bond donors (Lipinski definition) is 4. The number of amides is 2. The molecule has 0 radical (unpaired) electrons. The summed E-state index contributed by atoms with van der Waals surface area (Å²) in [5, 5.41) is 19.6. The summed E-state index contributed by atoms with van der Waals surface area (Å²) in [6.45, 7) is -0.0394. The summed E-state index contributed by atoms with van der Waals surface area (Å²) in [5.41, 5.74) is 1.58. The first-order chi connectivity index (χ1) is 17.7. The van der Waals surface area contributed by atoms with Crippen molar-refractivity contribution < 1.29 is 28.2 Å². The maximum Gasteiger partial charge on any atom is 0.319 e. The maximum atomic E-state index is 13.8. The molecule has 2 amide bonds. The number of aliphatic hydroxyl groups excluding tert-OH is 1. The molecule has 196 valence electrons. The van der Waals surface area contributed by atoms with E-state index < -0.39 is 41.8 Å². The van der Waals surface area contributed by atoms with Gasteiger partial charge in [-0.1, -0.05) is 46.3 Å². The predicted molar refractivity (Wildman–Crippen MR) is 140 cm³/mol. The van der Waals surface area contributed by atoms with Crippen molar-refractivity contribution in [2.24, 2.45) is 0 Å². The molecule has 7 nitrogen and oxygen atoms in total. The van der Waals surface area contributed by atoms with Gasteiger partial charge in [0.25, 0.3) is 0 Å². The van der Waals surface area contributed by atoms with Crippen LogP contribution in [-0.2, 0) is 16.0 Å². The van der Waals surface area contributed by atoms with Gasteiger partial charge in [-0.3, -0.25) is 4.79 Å². The van der Waals surface area contributed by atoms with E-state index in [0.29, 0.717) is 5.69 Å². The molecule has 3 rings (SSSR count). The molecular weight excluding hydrogens is 548 g/mol. The minimum atomic E-state index is -1.18. The standard InChI is InChI=1S/C27H28BrF2N3O4/c1-37-26(35)15-23(18-6-5-7-19(28)13-18)31-16-25(34)24(12-17-10-20(29)14-21(30)11-17)33-27(36)32-22-8-3-2-4-9-22/h2-11,13-14,23-25,31,34H,12,15-16H2,1H3,(H2,32,33,36)/t23?,24?,25-/m1/s1. The molecule has 0 heterocycles. The summed E-state index contributed by atoms with van der Waals surface area (Å²) in [5.74, 6) is -1.97. The molecule has 0 saturated carbocycles. The molecule has 0 saturated heterocycles. The lowest BCUT2D eigenvalue weighted by atomic mass is 9.99. The number of nitrogens with one attached hydrogen (secondary N) is 3. The quantitative estimate of drug-likeness (QED) is 0.248. The Labute approximate surface area is 222 Å². The smallest absolute Gasteiger partial charge is 0.319 e. The number of benzene rings is 3. The molecule has 37 heavy (non-hydrogen) atoms. The highest BCUT2D eigenvalue weighted by molar-refractivity contribution is 9.10. The van der Waals surface area contributed by atoms with Crippen LogP contribution in [-0.4, -0.2) is 42.9 Å². The van der Waals surface area contributed by atoms with E-state index in [-0.39, 0.29) is 24.9 Å². The predicted octanol–water partition coefficient (Wildman–Crippen LogP) is 4.72. The molecule has 4 N–H and O–H groups in total. The number of urea groups is 1. The number of rotatable bonds is 11. The fraction of sp³-hybridized carbons (Fsp3) is 0.259. The third kappa shape index (κ3) is 9.23. The van der Waals surface area contributed by atoms with Crippen LogP contribution >= 0.6 is 15.9 Å². The van der Waals surface area contributed by atoms with Gasteiger partial charge in [-0.2, -0.15) is 0 Å². The number of halogens is 3. The monoisotopic (exact) mass is 575 g/mol. The summed E-state index contributed by atoms with van der Waals surface area (Å²) >= 11 is 3.41. The zero-order valence-electron chi connectivity index (χ0n) is 20.1. The Hall–Kier alpha value is -3.34. The van der Waals surface area contributed by atoms with Gasteiger partial charge in [-0.15, -0.1) is 0 Å². The molecule has 3 aromatic carbocycles. The number of esters is 1. The van der Waals surface area contributed by atoms with Crippen LogP contribution in [0.15, 0.2) is 77.3 Å². The van der Waals surface area contributed by atoms with E-state index in [2.05, 4.69) is 31.9 Å². The van der Waals surface area contributed by atoms with E-state index in [1.54, 1.807) is 30.3 Å². The van der Waals surface area contributed by atoms with Gasteiger partial charge in [0.2, 0.25) is 0 Å². The average Bonchev–Trinajstić information content (AvgIpc) is 2.85. The van der Waals surface area contributed by atoms with Gasteiger partial charge in [0, 0.05) is 28.8 Å². The Morgan fingerprint density at radius 2 is 1.70 bits per heavy atom. The molecule has 3 aromatic rings. The second kappa shape index (κ2) is 13.8. The lowest BCUT2D eigenvalue weighted by Gasteiger charge is -2.27. The summed E-state index contributed by atoms with van der Waals surface area (Å²) in [4.78, 5) is 24.7. The number of anilines is 1. The summed E-state index contributed by atoms with van der Waals surface area (Å²) in [7, 11) is 1.29. The molecule has 0 aliphatic heterocycles. The highest BCUT2D eigenvalue weighted by atomic mass is 79.9. The van der Waals surface area contributed by atoms with Crippen molar-refractivity contribution in [2.75, 3.05) is 19.0 Å². The van der Waals surface area contributed by atoms with Crippen molar-refractivity contribution in [3.05, 3.63) is 100 Å². The Morgan fingerprint density at radius 1 is 1.00 bits per heavy atom. The fourth-order valence-corrected chi connectivity index (χ4v) is 4.23. The van der Waals surface area contributed by atoms with Crippen LogP contribution in [0.2, 0.25) is 0 Å². The minimum absolute atomic E-state index is 0.00136. The van der Waals surface area contributed by atoms with Gasteiger partial charge in [0.15, 0.2) is 0 Å². The average molecular weight is 576 g/mol. The van der Waals surface area contributed by atoms with Gasteiger partial charge >= 0.3 is 12.0 Å². The number of methoxy groups -OCH3 is 1. The van der Waals surface area contributed by atoms with Gasteiger partial charge in [0.1, 0.15) is 11.6 Å². The highest BCUT2D eigenvalue weighted by Gasteiger charge is 2.25. The largest absolute Gasteiger partial charge is 0.469 e. The summed E-state index contributed by atoms with van der Waals surface area (Å²) in [6, 6.07) is 17.1. The van der Waals surface area contributed by atoms with Crippen LogP contribution in [0.3, 0.4) is 0 Å². The zero-order chi connectivity index (χ0) is 26.8. The number of aliphatic hydroxyl groups is 1. The van der Waals surface area contributed by atoms with E-state index in [1.807, 2.05) is 24.3 Å². The minimum Gasteiger partial charge on any atom is -0.469 e. The van der Waals surface area contributed by atoms with Crippen LogP contribution in [0.5, 0.6) is 0 Å². The molecule has 0 spiro atoms. The Balaban J connectivity index is 1.76. The van der Waals surface area contributed by atoms with E-state index in [9.17, 15) is 23.5 Å². The van der Waals surface area contributed by atoms with Crippen molar-refractivity contribution in [3.8, 4) is 0 Å². The summed E-state index contributed by atoms with van der Waals surface area (Å²) < 4.78 is 33.2. The first-order valence-corrected chi connectivity index (χ1v) is 12.3. The van der Waals surface area contributed by atoms with E-state index in [1.165, 1.54) is 7.11 Å². The van der Waals surface area contributed by atoms with Crippen LogP contribution in [0.25, 0.3) is 0 Å². The Kier molecular flexibility index (Phi) is 10.6.